The molecule has 1 aliphatic heterocycles. The average molecular weight is 379 g/mol. The Labute approximate surface area is 158 Å². The number of imide groups is 1. The van der Waals surface area contributed by atoms with Gasteiger partial charge < -0.3 is 4.43 Å². The molecule has 2 aromatic carbocycles. The van der Waals surface area contributed by atoms with Gasteiger partial charge in [-0.25, -0.2) is 4.90 Å². The molecule has 1 aliphatic rings. The third kappa shape index (κ3) is 2.84. The molecule has 0 aliphatic carbocycles. The fourth-order valence-electron chi connectivity index (χ4n) is 2.99. The van der Waals surface area contributed by atoms with Crippen molar-refractivity contribution in [2.75, 3.05) is 4.90 Å². The van der Waals surface area contributed by atoms with Crippen molar-refractivity contribution in [1.29, 1.82) is 0 Å². The minimum absolute atomic E-state index is 0.147. The van der Waals surface area contributed by atoms with Gasteiger partial charge in [-0.3, -0.25) is 14.7 Å². The van der Waals surface area contributed by atoms with Crippen molar-refractivity contribution < 1.29 is 14.0 Å². The summed E-state index contributed by atoms with van der Waals surface area (Å²) in [5.74, 6) is 0.397. The maximum absolute atomic E-state index is 12.7. The first-order valence-corrected chi connectivity index (χ1v) is 11.1. The summed E-state index contributed by atoms with van der Waals surface area (Å²) in [6, 6.07) is 12.4. The van der Waals surface area contributed by atoms with Crippen molar-refractivity contribution in [3.63, 3.8) is 0 Å². The Balaban J connectivity index is 1.69. The van der Waals surface area contributed by atoms with Crippen LogP contribution < -0.4 is 9.33 Å². The van der Waals surface area contributed by atoms with E-state index in [1.807, 2.05) is 18.2 Å². The van der Waals surface area contributed by atoms with Gasteiger partial charge in [0.15, 0.2) is 5.82 Å². The fourth-order valence-corrected chi connectivity index (χ4v) is 3.90. The molecule has 0 radical (unpaired) electrons. The Kier molecular flexibility index (Phi) is 3.92. The third-order valence-electron chi connectivity index (χ3n) is 5.05. The molecule has 2 amide bonds. The van der Waals surface area contributed by atoms with Gasteiger partial charge in [-0.2, -0.15) is 5.10 Å². The number of hydrogen-bond acceptors (Lipinski definition) is 4. The van der Waals surface area contributed by atoms with E-state index in [0.717, 1.165) is 16.2 Å². The van der Waals surface area contributed by atoms with Gasteiger partial charge in [-0.15, -0.1) is 0 Å². The van der Waals surface area contributed by atoms with Crippen molar-refractivity contribution in [3.8, 4) is 5.75 Å². The van der Waals surface area contributed by atoms with Gasteiger partial charge in [0.2, 0.25) is 9.04 Å². The molecular weight excluding hydrogens is 358 g/mol. The van der Waals surface area contributed by atoms with Crippen LogP contribution in [-0.2, 0) is 0 Å². The molecule has 1 N–H and O–H groups in total. The molecule has 0 bridgehead atoms. The van der Waals surface area contributed by atoms with Gasteiger partial charge in [0.05, 0.1) is 16.6 Å². The summed E-state index contributed by atoms with van der Waals surface area (Å²) >= 11 is 0. The minimum Gasteiger partial charge on any atom is -0.546 e. The summed E-state index contributed by atoms with van der Waals surface area (Å²) in [5, 5.41) is 8.03. The largest absolute Gasteiger partial charge is 0.546 e. The molecular formula is C20H21N3O3Si. The van der Waals surface area contributed by atoms with Crippen molar-refractivity contribution >= 4 is 37.6 Å². The van der Waals surface area contributed by atoms with Crippen LogP contribution in [0.15, 0.2) is 42.5 Å². The van der Waals surface area contributed by atoms with Crippen LogP contribution in [0.5, 0.6) is 5.75 Å². The molecule has 1 atom stereocenters. The zero-order valence-corrected chi connectivity index (χ0v) is 16.9. The summed E-state index contributed by atoms with van der Waals surface area (Å²) in [6.07, 6.45) is 0. The summed E-state index contributed by atoms with van der Waals surface area (Å²) < 4.78 is 6.16. The molecule has 3 aromatic rings. The predicted molar refractivity (Wildman–Crippen MR) is 107 cm³/mol. The molecule has 27 heavy (non-hydrogen) atoms. The van der Waals surface area contributed by atoms with E-state index in [-0.39, 0.29) is 16.9 Å². The first-order valence-electron chi connectivity index (χ1n) is 8.90. The number of aromatic amines is 1. The van der Waals surface area contributed by atoms with Crippen LogP contribution in [-0.4, -0.2) is 31.1 Å². The average Bonchev–Trinajstić information content (AvgIpc) is 3.13. The number of benzene rings is 2. The van der Waals surface area contributed by atoms with Crippen LogP contribution in [0.3, 0.4) is 0 Å². The highest BCUT2D eigenvalue weighted by atomic mass is 28.3. The first kappa shape index (κ1) is 17.5. The zero-order valence-electron chi connectivity index (χ0n) is 15.7. The highest BCUT2D eigenvalue weighted by molar-refractivity contribution is 6.54. The van der Waals surface area contributed by atoms with Gasteiger partial charge in [-0.05, 0) is 35.9 Å². The van der Waals surface area contributed by atoms with Crippen molar-refractivity contribution in [2.24, 2.45) is 0 Å². The maximum atomic E-state index is 12.7. The first-order chi connectivity index (χ1) is 12.8. The Morgan fingerprint density at radius 3 is 2.26 bits per heavy atom. The lowest BCUT2D eigenvalue weighted by molar-refractivity contribution is 0.0925. The van der Waals surface area contributed by atoms with Gasteiger partial charge in [0.25, 0.3) is 11.8 Å². The van der Waals surface area contributed by atoms with Crippen LogP contribution in [0.1, 0.15) is 41.5 Å². The number of anilines is 1. The Hall–Kier alpha value is -2.93. The van der Waals surface area contributed by atoms with Crippen LogP contribution in [0.2, 0.25) is 11.6 Å². The fraction of sp³-hybridized carbons (Fsp3) is 0.250. The summed E-state index contributed by atoms with van der Waals surface area (Å²) in [6.45, 7) is 8.71. The van der Waals surface area contributed by atoms with Gasteiger partial charge in [0, 0.05) is 11.5 Å². The molecule has 0 fully saturated rings. The Morgan fingerprint density at radius 1 is 1.04 bits per heavy atom. The van der Waals surface area contributed by atoms with E-state index in [1.165, 1.54) is 0 Å². The standard InChI is InChI=1S/C20H21N3O3Si/c1-20(2,3)27(4)26-12-9-10-15-16(11-12)21-22-17(15)23-18(24)13-7-5-6-8-14(13)19(23)25/h5-11,27H,1-4H3,(H,21,22). The minimum atomic E-state index is -1.43. The molecule has 7 heteroatoms. The van der Waals surface area contributed by atoms with Crippen LogP contribution in [0.25, 0.3) is 10.9 Å². The van der Waals surface area contributed by atoms with E-state index >= 15 is 0 Å². The predicted octanol–water partition coefficient (Wildman–Crippen LogP) is 3.90. The highest BCUT2D eigenvalue weighted by Gasteiger charge is 2.38. The zero-order chi connectivity index (χ0) is 19.3. The molecule has 6 nitrogen and oxygen atoms in total. The lowest BCUT2D eigenvalue weighted by Crippen LogP contribution is -2.29. The third-order valence-corrected chi connectivity index (χ3v) is 8.12. The van der Waals surface area contributed by atoms with Gasteiger partial charge in [0.1, 0.15) is 5.75 Å². The van der Waals surface area contributed by atoms with Crippen LogP contribution in [0.4, 0.5) is 5.82 Å². The van der Waals surface area contributed by atoms with Crippen molar-refractivity contribution in [1.82, 2.24) is 10.2 Å². The molecule has 0 spiro atoms. The number of aromatic nitrogens is 2. The molecule has 2 heterocycles. The van der Waals surface area contributed by atoms with E-state index < -0.39 is 9.04 Å². The number of carbonyl (C=O) groups excluding carboxylic acids is 2. The molecule has 1 aromatic heterocycles. The normalized spacial score (nSPS) is 15.3. The molecule has 1 unspecified atom stereocenters. The molecule has 0 saturated heterocycles. The van der Waals surface area contributed by atoms with E-state index in [2.05, 4.69) is 37.5 Å². The van der Waals surface area contributed by atoms with E-state index in [9.17, 15) is 9.59 Å². The smallest absolute Gasteiger partial charge is 0.267 e. The number of amides is 2. The van der Waals surface area contributed by atoms with Crippen molar-refractivity contribution in [2.45, 2.75) is 32.4 Å². The van der Waals surface area contributed by atoms with E-state index in [0.29, 0.717) is 22.3 Å². The second-order valence-corrected chi connectivity index (χ2v) is 11.1. The number of hydrogen-bond donors (Lipinski definition) is 1. The summed E-state index contributed by atoms with van der Waals surface area (Å²) in [5.41, 5.74) is 1.54. The SMILES string of the molecule is C[SiH](Oc1ccc2c(N3C(=O)c4ccccc4C3=O)n[nH]c2c1)C(C)(C)C. The Bertz CT molecular complexity index is 1030. The van der Waals surface area contributed by atoms with Gasteiger partial charge >= 0.3 is 0 Å². The van der Waals surface area contributed by atoms with Crippen LogP contribution in [0, 0.1) is 0 Å². The maximum Gasteiger partial charge on any atom is 0.267 e. The quantitative estimate of drug-likeness (QED) is 0.553. The highest BCUT2D eigenvalue weighted by Crippen LogP contribution is 2.34. The number of nitrogens with one attached hydrogen (secondary N) is 1. The molecule has 4 rings (SSSR count). The lowest BCUT2D eigenvalue weighted by atomic mass is 10.1. The topological polar surface area (TPSA) is 75.3 Å². The lowest BCUT2D eigenvalue weighted by Gasteiger charge is -2.26. The number of rotatable bonds is 3. The Morgan fingerprint density at radius 2 is 1.67 bits per heavy atom. The second kappa shape index (κ2) is 6.06. The van der Waals surface area contributed by atoms with E-state index in [4.69, 9.17) is 4.43 Å². The van der Waals surface area contributed by atoms with Gasteiger partial charge in [-0.1, -0.05) is 32.9 Å². The van der Waals surface area contributed by atoms with E-state index in [1.54, 1.807) is 24.3 Å². The van der Waals surface area contributed by atoms with Crippen LogP contribution >= 0.6 is 0 Å². The number of carbonyl (C=O) groups is 2. The number of fused-ring (bicyclic) bond motifs is 2. The monoisotopic (exact) mass is 379 g/mol. The number of H-pyrrole nitrogens is 1. The van der Waals surface area contributed by atoms with Crippen molar-refractivity contribution in [3.05, 3.63) is 53.6 Å². The summed E-state index contributed by atoms with van der Waals surface area (Å²) in [7, 11) is -1.43. The molecule has 138 valence electrons. The number of nitrogens with zero attached hydrogens (tertiary/aromatic N) is 2. The summed E-state index contributed by atoms with van der Waals surface area (Å²) in [4.78, 5) is 26.5. The second-order valence-electron chi connectivity index (χ2n) is 7.87. The molecule has 0 saturated carbocycles.